The number of primary amides is 1. The molecule has 0 radical (unpaired) electrons. The fourth-order valence-electron chi connectivity index (χ4n) is 4.29. The predicted molar refractivity (Wildman–Crippen MR) is 112 cm³/mol. The summed E-state index contributed by atoms with van der Waals surface area (Å²) in [7, 11) is 0. The van der Waals surface area contributed by atoms with E-state index in [1.807, 2.05) is 12.1 Å². The number of hydrogen-bond acceptors (Lipinski definition) is 7. The molecule has 7 nitrogen and oxygen atoms in total. The molecule has 1 fully saturated rings. The van der Waals surface area contributed by atoms with Crippen LogP contribution in [0.2, 0.25) is 0 Å². The van der Waals surface area contributed by atoms with E-state index in [9.17, 15) is 9.18 Å². The van der Waals surface area contributed by atoms with Crippen molar-refractivity contribution in [1.29, 1.82) is 0 Å². The summed E-state index contributed by atoms with van der Waals surface area (Å²) in [4.78, 5) is 21.6. The highest BCUT2D eigenvalue weighted by molar-refractivity contribution is 7.15. The number of halogens is 1. The number of amides is 1. The van der Waals surface area contributed by atoms with Gasteiger partial charge in [-0.05, 0) is 49.9 Å². The molecule has 0 aromatic carbocycles. The van der Waals surface area contributed by atoms with Crippen LogP contribution in [0.4, 0.5) is 10.2 Å². The van der Waals surface area contributed by atoms with Gasteiger partial charge in [0.15, 0.2) is 0 Å². The maximum atomic E-state index is 14.3. The number of carbonyl (C=O) groups excluding carboxylic acids is 1. The summed E-state index contributed by atoms with van der Waals surface area (Å²) in [5.74, 6) is -0.262. The van der Waals surface area contributed by atoms with Crippen LogP contribution in [0.1, 0.15) is 47.9 Å². The number of thiazole rings is 1. The number of anilines is 1. The van der Waals surface area contributed by atoms with Gasteiger partial charge in [-0.2, -0.15) is 0 Å². The van der Waals surface area contributed by atoms with Gasteiger partial charge in [0.25, 0.3) is 0 Å². The number of pyridine rings is 1. The Hall–Kier alpha value is -2.94. The number of carbonyl (C=O) groups is 1. The quantitative estimate of drug-likeness (QED) is 0.629. The number of nitrogens with one attached hydrogen (secondary N) is 1. The fraction of sp³-hybridized carbons (Fsp3) is 0.381. The molecule has 1 atom stereocenters. The number of aromatic nitrogens is 4. The Bertz CT molecular complexity index is 1100. The molecule has 3 N–H and O–H groups in total. The lowest BCUT2D eigenvalue weighted by Crippen LogP contribution is -2.42. The summed E-state index contributed by atoms with van der Waals surface area (Å²) >= 11 is 1.54. The molecule has 1 amide bonds. The minimum atomic E-state index is -0.328. The zero-order chi connectivity index (χ0) is 20.7. The second-order valence-corrected chi connectivity index (χ2v) is 9.03. The van der Waals surface area contributed by atoms with Gasteiger partial charge in [0.2, 0.25) is 5.91 Å². The summed E-state index contributed by atoms with van der Waals surface area (Å²) < 4.78 is 14.3. The van der Waals surface area contributed by atoms with Crippen molar-refractivity contribution in [3.8, 4) is 10.7 Å². The number of nitrogens with two attached hydrogens (primary N) is 1. The Labute approximate surface area is 177 Å². The van der Waals surface area contributed by atoms with E-state index >= 15 is 0 Å². The largest absolute Gasteiger partial charge is 0.369 e. The number of aryl methyl sites for hydroxylation is 1. The van der Waals surface area contributed by atoms with E-state index in [1.165, 1.54) is 17.4 Å². The highest BCUT2D eigenvalue weighted by Gasteiger charge is 2.41. The average Bonchev–Trinajstić information content (AvgIpc) is 3.29. The molecule has 0 spiro atoms. The first-order chi connectivity index (χ1) is 14.6. The molecule has 3 aromatic heterocycles. The van der Waals surface area contributed by atoms with E-state index in [4.69, 9.17) is 5.73 Å². The molecule has 0 aliphatic heterocycles. The highest BCUT2D eigenvalue weighted by Crippen LogP contribution is 2.44. The van der Waals surface area contributed by atoms with Crippen molar-refractivity contribution in [2.75, 3.05) is 11.9 Å². The van der Waals surface area contributed by atoms with Gasteiger partial charge in [-0.25, -0.2) is 9.37 Å². The number of rotatable bonds is 6. The molecule has 1 unspecified atom stereocenters. The van der Waals surface area contributed by atoms with Crippen LogP contribution < -0.4 is 11.1 Å². The summed E-state index contributed by atoms with van der Waals surface area (Å²) in [6.45, 7) is 0.556. The molecular weight excluding hydrogens is 403 g/mol. The van der Waals surface area contributed by atoms with E-state index in [0.717, 1.165) is 47.7 Å². The van der Waals surface area contributed by atoms with E-state index < -0.39 is 0 Å². The molecular formula is C21H21FN6OS. The van der Waals surface area contributed by atoms with Crippen LogP contribution in [-0.2, 0) is 16.6 Å². The molecule has 154 valence electrons. The molecule has 30 heavy (non-hydrogen) atoms. The molecule has 2 aliphatic carbocycles. The number of nitrogens with zero attached hydrogens (tertiary/aromatic N) is 4. The van der Waals surface area contributed by atoms with Gasteiger partial charge in [-0.1, -0.05) is 6.42 Å². The molecule has 9 heteroatoms. The summed E-state index contributed by atoms with van der Waals surface area (Å²) in [6.07, 6.45) is 6.04. The SMILES string of the molecule is NC(=O)C1CCc2sc(-c3ccc(NCC4(c5ncccc5F)CCC4)nn3)nc21. The van der Waals surface area contributed by atoms with Gasteiger partial charge >= 0.3 is 0 Å². The summed E-state index contributed by atoms with van der Waals surface area (Å²) in [5.41, 5.74) is 7.15. The molecule has 1 saturated carbocycles. The second kappa shape index (κ2) is 7.39. The normalized spacial score (nSPS) is 19.2. The van der Waals surface area contributed by atoms with Crippen molar-refractivity contribution in [2.24, 2.45) is 5.73 Å². The lowest BCUT2D eigenvalue weighted by atomic mass is 9.66. The maximum absolute atomic E-state index is 14.3. The Morgan fingerprint density at radius 2 is 2.17 bits per heavy atom. The van der Waals surface area contributed by atoms with Crippen molar-refractivity contribution in [1.82, 2.24) is 20.2 Å². The molecule has 2 aliphatic rings. The molecule has 3 heterocycles. The van der Waals surface area contributed by atoms with Crippen LogP contribution in [0.3, 0.4) is 0 Å². The van der Waals surface area contributed by atoms with E-state index in [1.54, 1.807) is 12.3 Å². The molecule has 5 rings (SSSR count). The molecule has 0 bridgehead atoms. The van der Waals surface area contributed by atoms with Crippen LogP contribution in [0.15, 0.2) is 30.5 Å². The van der Waals surface area contributed by atoms with Crippen LogP contribution >= 0.6 is 11.3 Å². The standard InChI is InChI=1S/C21H21FN6OS/c22-13-3-1-10-24-18(13)21(8-2-9-21)11-25-16-7-5-14(27-28-16)20-26-17-12(19(23)29)4-6-15(17)30-20/h1,3,5,7,10,12H,2,4,6,8-9,11H2,(H2,23,29)(H,25,28). The minimum Gasteiger partial charge on any atom is -0.369 e. The van der Waals surface area contributed by atoms with Crippen molar-refractivity contribution in [3.05, 3.63) is 52.5 Å². The highest BCUT2D eigenvalue weighted by atomic mass is 32.1. The molecule has 3 aromatic rings. The lowest BCUT2D eigenvalue weighted by Gasteiger charge is -2.41. The Balaban J connectivity index is 1.30. The zero-order valence-electron chi connectivity index (χ0n) is 16.3. The maximum Gasteiger partial charge on any atom is 0.226 e. The van der Waals surface area contributed by atoms with E-state index in [0.29, 0.717) is 23.8 Å². The van der Waals surface area contributed by atoms with Crippen LogP contribution in [-0.4, -0.2) is 32.6 Å². The first kappa shape index (κ1) is 19.0. The smallest absolute Gasteiger partial charge is 0.226 e. The van der Waals surface area contributed by atoms with Crippen molar-refractivity contribution < 1.29 is 9.18 Å². The van der Waals surface area contributed by atoms with E-state index in [2.05, 4.69) is 25.5 Å². The third-order valence-corrected chi connectivity index (χ3v) is 7.28. The van der Waals surface area contributed by atoms with Gasteiger partial charge in [-0.15, -0.1) is 21.5 Å². The van der Waals surface area contributed by atoms with Crippen molar-refractivity contribution >= 4 is 23.1 Å². The topological polar surface area (TPSA) is 107 Å². The fourth-order valence-corrected chi connectivity index (χ4v) is 5.39. The van der Waals surface area contributed by atoms with Gasteiger partial charge in [0, 0.05) is 23.0 Å². The third kappa shape index (κ3) is 3.23. The minimum absolute atomic E-state index is 0.258. The molecule has 0 saturated heterocycles. The van der Waals surface area contributed by atoms with Gasteiger partial charge in [0.05, 0.1) is 17.3 Å². The zero-order valence-corrected chi connectivity index (χ0v) is 17.1. The Morgan fingerprint density at radius 3 is 2.83 bits per heavy atom. The van der Waals surface area contributed by atoms with Gasteiger partial charge in [0.1, 0.15) is 22.3 Å². The first-order valence-electron chi connectivity index (χ1n) is 10.0. The van der Waals surface area contributed by atoms with Crippen LogP contribution in [0, 0.1) is 5.82 Å². The predicted octanol–water partition coefficient (Wildman–Crippen LogP) is 3.18. The van der Waals surface area contributed by atoms with Crippen LogP contribution in [0.25, 0.3) is 10.7 Å². The summed E-state index contributed by atoms with van der Waals surface area (Å²) in [5, 5.41) is 12.6. The number of hydrogen-bond donors (Lipinski definition) is 2. The summed E-state index contributed by atoms with van der Waals surface area (Å²) in [6, 6.07) is 6.78. The van der Waals surface area contributed by atoms with Crippen molar-refractivity contribution in [2.45, 2.75) is 43.4 Å². The second-order valence-electron chi connectivity index (χ2n) is 7.95. The van der Waals surface area contributed by atoms with E-state index in [-0.39, 0.29) is 23.1 Å². The first-order valence-corrected chi connectivity index (χ1v) is 10.9. The third-order valence-electron chi connectivity index (χ3n) is 6.12. The average molecular weight is 425 g/mol. The number of fused-ring (bicyclic) bond motifs is 1. The van der Waals surface area contributed by atoms with Crippen molar-refractivity contribution in [3.63, 3.8) is 0 Å². The van der Waals surface area contributed by atoms with Gasteiger partial charge < -0.3 is 11.1 Å². The van der Waals surface area contributed by atoms with Crippen LogP contribution in [0.5, 0.6) is 0 Å². The lowest BCUT2D eigenvalue weighted by molar-refractivity contribution is -0.119. The van der Waals surface area contributed by atoms with Gasteiger partial charge in [-0.3, -0.25) is 9.78 Å². The Morgan fingerprint density at radius 1 is 1.30 bits per heavy atom. The monoisotopic (exact) mass is 424 g/mol. The Kier molecular flexibility index (Phi) is 4.69.